The first kappa shape index (κ1) is 9.94. The van der Waals surface area contributed by atoms with Crippen molar-refractivity contribution < 1.29 is 9.63 Å². The third-order valence-corrected chi connectivity index (χ3v) is 0.718. The Bertz CT molecular complexity index is 158. The fraction of sp³-hybridized carbons (Fsp3) is 0.714. The van der Waals surface area contributed by atoms with Crippen LogP contribution in [0.1, 0.15) is 27.7 Å². The van der Waals surface area contributed by atoms with Crippen molar-refractivity contribution in [3.8, 4) is 0 Å². The van der Waals surface area contributed by atoms with E-state index in [-0.39, 0.29) is 5.54 Å². The van der Waals surface area contributed by atoms with E-state index in [2.05, 4.69) is 15.3 Å². The van der Waals surface area contributed by atoms with Crippen LogP contribution in [0, 0.1) is 0 Å². The Balaban J connectivity index is 3.70. The van der Waals surface area contributed by atoms with Crippen molar-refractivity contribution in [3.63, 3.8) is 0 Å². The lowest BCUT2D eigenvalue weighted by Crippen LogP contribution is -2.40. The van der Waals surface area contributed by atoms with Gasteiger partial charge in [-0.2, -0.15) is 0 Å². The molecule has 0 bridgehead atoms. The minimum Gasteiger partial charge on any atom is -0.315 e. The lowest BCUT2D eigenvalue weighted by Gasteiger charge is -2.18. The molecule has 4 heteroatoms. The number of carbonyl (C=O) groups excluding carboxylic acids is 1. The van der Waals surface area contributed by atoms with Crippen molar-refractivity contribution in [1.29, 1.82) is 0 Å². The van der Waals surface area contributed by atoms with Crippen LogP contribution in [0.4, 0.5) is 4.79 Å². The van der Waals surface area contributed by atoms with E-state index in [9.17, 15) is 4.79 Å². The molecule has 0 radical (unpaired) electrons. The standard InChI is InChI=1S/C7H14N2O2/c1-5-8-11-6(10)9-7(2,3)4/h5H,1-4H3,(H,9,10). The van der Waals surface area contributed by atoms with E-state index < -0.39 is 6.09 Å². The minimum atomic E-state index is -0.532. The first-order valence-electron chi connectivity index (χ1n) is 3.43. The highest BCUT2D eigenvalue weighted by Crippen LogP contribution is 1.98. The first-order chi connectivity index (χ1) is 4.95. The van der Waals surface area contributed by atoms with Gasteiger partial charge in [0.2, 0.25) is 0 Å². The fourth-order valence-electron chi connectivity index (χ4n) is 0.430. The van der Waals surface area contributed by atoms with Crippen LogP contribution in [-0.2, 0) is 4.84 Å². The van der Waals surface area contributed by atoms with Crippen LogP contribution >= 0.6 is 0 Å². The van der Waals surface area contributed by atoms with Crippen LogP contribution < -0.4 is 5.32 Å². The summed E-state index contributed by atoms with van der Waals surface area (Å²) in [7, 11) is 0. The van der Waals surface area contributed by atoms with Crippen molar-refractivity contribution in [2.24, 2.45) is 5.16 Å². The van der Waals surface area contributed by atoms with Gasteiger partial charge in [0.1, 0.15) is 0 Å². The zero-order valence-electron chi connectivity index (χ0n) is 7.34. The zero-order valence-corrected chi connectivity index (χ0v) is 7.34. The fourth-order valence-corrected chi connectivity index (χ4v) is 0.430. The van der Waals surface area contributed by atoms with E-state index in [1.165, 1.54) is 6.21 Å². The maximum Gasteiger partial charge on any atom is 0.433 e. The van der Waals surface area contributed by atoms with Gasteiger partial charge in [-0.25, -0.2) is 4.79 Å². The number of rotatable bonds is 1. The summed E-state index contributed by atoms with van der Waals surface area (Å²) in [6, 6.07) is 0. The van der Waals surface area contributed by atoms with Crippen molar-refractivity contribution in [2.45, 2.75) is 33.2 Å². The van der Waals surface area contributed by atoms with E-state index in [4.69, 9.17) is 0 Å². The molecule has 0 saturated carbocycles. The normalized spacial score (nSPS) is 11.6. The van der Waals surface area contributed by atoms with E-state index in [0.717, 1.165) is 0 Å². The highest BCUT2D eigenvalue weighted by Gasteiger charge is 2.13. The summed E-state index contributed by atoms with van der Waals surface area (Å²) in [4.78, 5) is 15.2. The number of amides is 1. The third kappa shape index (κ3) is 6.83. The molecule has 0 aromatic heterocycles. The molecule has 0 aliphatic rings. The van der Waals surface area contributed by atoms with Crippen LogP contribution in [0.2, 0.25) is 0 Å². The Hall–Kier alpha value is -1.06. The van der Waals surface area contributed by atoms with Gasteiger partial charge in [0.15, 0.2) is 0 Å². The number of carbonyl (C=O) groups is 1. The lowest BCUT2D eigenvalue weighted by atomic mass is 10.1. The molecular weight excluding hydrogens is 144 g/mol. The molecule has 0 aromatic carbocycles. The smallest absolute Gasteiger partial charge is 0.315 e. The van der Waals surface area contributed by atoms with E-state index in [1.807, 2.05) is 20.8 Å². The van der Waals surface area contributed by atoms with Gasteiger partial charge in [-0.15, -0.1) is 0 Å². The van der Waals surface area contributed by atoms with Crippen molar-refractivity contribution in [3.05, 3.63) is 0 Å². The molecule has 0 spiro atoms. The number of hydrogen-bond acceptors (Lipinski definition) is 3. The van der Waals surface area contributed by atoms with Crippen LogP contribution in [0.3, 0.4) is 0 Å². The molecule has 0 unspecified atom stereocenters. The Morgan fingerprint density at radius 3 is 2.45 bits per heavy atom. The van der Waals surface area contributed by atoms with E-state index in [0.29, 0.717) is 0 Å². The average molecular weight is 158 g/mol. The van der Waals surface area contributed by atoms with Crippen molar-refractivity contribution >= 4 is 12.3 Å². The molecule has 0 aromatic rings. The van der Waals surface area contributed by atoms with Gasteiger partial charge in [0.05, 0.1) is 0 Å². The minimum absolute atomic E-state index is 0.277. The SMILES string of the molecule is CC=NOC(=O)NC(C)(C)C. The summed E-state index contributed by atoms with van der Waals surface area (Å²) >= 11 is 0. The maximum atomic E-state index is 10.8. The van der Waals surface area contributed by atoms with Gasteiger partial charge in [-0.05, 0) is 27.7 Å². The molecule has 0 fully saturated rings. The summed E-state index contributed by atoms with van der Waals surface area (Å²) in [6.45, 7) is 7.27. The summed E-state index contributed by atoms with van der Waals surface area (Å²) in [5.74, 6) is 0. The predicted octanol–water partition coefficient (Wildman–Crippen LogP) is 1.52. The molecule has 0 aliphatic carbocycles. The van der Waals surface area contributed by atoms with Gasteiger partial charge in [0, 0.05) is 11.8 Å². The largest absolute Gasteiger partial charge is 0.433 e. The van der Waals surface area contributed by atoms with Gasteiger partial charge in [0.25, 0.3) is 0 Å². The summed E-state index contributed by atoms with van der Waals surface area (Å²) in [6.07, 6.45) is 0.873. The quantitative estimate of drug-likeness (QED) is 0.357. The molecule has 11 heavy (non-hydrogen) atoms. The second kappa shape index (κ2) is 3.95. The highest BCUT2D eigenvalue weighted by atomic mass is 16.7. The molecule has 0 rings (SSSR count). The Morgan fingerprint density at radius 2 is 2.09 bits per heavy atom. The second-order valence-electron chi connectivity index (χ2n) is 3.12. The number of nitrogens with one attached hydrogen (secondary N) is 1. The van der Waals surface area contributed by atoms with Gasteiger partial charge in [-0.3, -0.25) is 4.84 Å². The Labute approximate surface area is 66.6 Å². The van der Waals surface area contributed by atoms with Gasteiger partial charge in [-0.1, -0.05) is 5.16 Å². The number of oxime groups is 1. The second-order valence-corrected chi connectivity index (χ2v) is 3.12. The summed E-state index contributed by atoms with van der Waals surface area (Å²) < 4.78 is 0. The molecule has 0 heterocycles. The van der Waals surface area contributed by atoms with Crippen molar-refractivity contribution in [1.82, 2.24) is 5.32 Å². The summed E-state index contributed by atoms with van der Waals surface area (Å²) in [5.41, 5.74) is -0.277. The van der Waals surface area contributed by atoms with E-state index >= 15 is 0 Å². The van der Waals surface area contributed by atoms with Crippen molar-refractivity contribution in [2.75, 3.05) is 0 Å². The number of hydrogen-bond donors (Lipinski definition) is 1. The molecule has 0 atom stereocenters. The maximum absolute atomic E-state index is 10.8. The van der Waals surface area contributed by atoms with Gasteiger partial charge >= 0.3 is 6.09 Å². The first-order valence-corrected chi connectivity index (χ1v) is 3.43. The Morgan fingerprint density at radius 1 is 1.55 bits per heavy atom. The molecule has 64 valence electrons. The monoisotopic (exact) mass is 158 g/mol. The molecule has 1 N–H and O–H groups in total. The van der Waals surface area contributed by atoms with Gasteiger partial charge < -0.3 is 5.32 Å². The Kier molecular flexibility index (Phi) is 3.57. The summed E-state index contributed by atoms with van der Waals surface area (Å²) in [5, 5.41) is 5.90. The molecule has 0 saturated heterocycles. The molecule has 4 nitrogen and oxygen atoms in total. The van der Waals surface area contributed by atoms with E-state index in [1.54, 1.807) is 6.92 Å². The topological polar surface area (TPSA) is 50.7 Å². The lowest BCUT2D eigenvalue weighted by molar-refractivity contribution is 0.142. The highest BCUT2D eigenvalue weighted by molar-refractivity contribution is 5.68. The predicted molar refractivity (Wildman–Crippen MR) is 43.5 cm³/mol. The zero-order chi connectivity index (χ0) is 8.91. The third-order valence-electron chi connectivity index (χ3n) is 0.718. The van der Waals surface area contributed by atoms with Crippen LogP contribution in [0.5, 0.6) is 0 Å². The molecular formula is C7H14N2O2. The number of nitrogens with zero attached hydrogens (tertiary/aromatic N) is 1. The van der Waals surface area contributed by atoms with Crippen LogP contribution in [0.15, 0.2) is 5.16 Å². The van der Waals surface area contributed by atoms with Crippen LogP contribution in [-0.4, -0.2) is 17.8 Å². The van der Waals surface area contributed by atoms with Crippen LogP contribution in [0.25, 0.3) is 0 Å². The average Bonchev–Trinajstić information content (AvgIpc) is 1.79. The molecule has 0 aliphatic heterocycles. The molecule has 1 amide bonds.